The van der Waals surface area contributed by atoms with Crippen LogP contribution in [0.15, 0.2) is 18.5 Å². The molecule has 12 heavy (non-hydrogen) atoms. The molecule has 0 atom stereocenters. The van der Waals surface area contributed by atoms with E-state index in [1.54, 1.807) is 12.4 Å². The van der Waals surface area contributed by atoms with Gasteiger partial charge in [0.05, 0.1) is 0 Å². The third kappa shape index (κ3) is 6.67. The van der Waals surface area contributed by atoms with E-state index in [1.165, 1.54) is 0 Å². The minimum atomic E-state index is -0.833. The summed E-state index contributed by atoms with van der Waals surface area (Å²) in [6, 6.07) is 1.82. The highest BCUT2D eigenvalue weighted by Crippen LogP contribution is 1.85. The van der Waals surface area contributed by atoms with Crippen LogP contribution in [-0.4, -0.2) is 21.0 Å². The summed E-state index contributed by atoms with van der Waals surface area (Å²) in [6.45, 7) is 3.12. The molecule has 4 heteroatoms. The van der Waals surface area contributed by atoms with Gasteiger partial charge in [0, 0.05) is 25.7 Å². The molecule has 0 aliphatic carbocycles. The number of hydrogen-bond acceptors (Lipinski definition) is 3. The second-order valence-corrected chi connectivity index (χ2v) is 2.04. The van der Waals surface area contributed by atoms with Crippen molar-refractivity contribution in [3.63, 3.8) is 0 Å². The van der Waals surface area contributed by atoms with Crippen LogP contribution in [-0.2, 0) is 11.2 Å². The lowest BCUT2D eigenvalue weighted by molar-refractivity contribution is -0.134. The van der Waals surface area contributed by atoms with E-state index in [9.17, 15) is 0 Å². The minimum Gasteiger partial charge on any atom is -0.481 e. The first kappa shape index (κ1) is 10.6. The smallest absolute Gasteiger partial charge is 0.300 e. The molecule has 0 saturated heterocycles. The Hall–Kier alpha value is -1.45. The van der Waals surface area contributed by atoms with Gasteiger partial charge in [-0.3, -0.25) is 4.79 Å². The number of carboxylic acid groups (broad SMARTS) is 1. The molecule has 0 aliphatic heterocycles. The maximum atomic E-state index is 9.00. The number of aromatic nitrogens is 2. The van der Waals surface area contributed by atoms with Crippen molar-refractivity contribution in [1.29, 1.82) is 0 Å². The minimum absolute atomic E-state index is 0.833. The third-order valence-corrected chi connectivity index (χ3v) is 0.935. The van der Waals surface area contributed by atoms with Gasteiger partial charge in [-0.2, -0.15) is 0 Å². The fourth-order valence-electron chi connectivity index (χ4n) is 0.513. The number of aliphatic carboxylic acids is 1. The molecular weight excluding hydrogens is 156 g/mol. The third-order valence-electron chi connectivity index (χ3n) is 0.935. The Labute approximate surface area is 71.3 Å². The topological polar surface area (TPSA) is 63.1 Å². The summed E-state index contributed by atoms with van der Waals surface area (Å²) in [5.74, 6) is 0.0764. The van der Waals surface area contributed by atoms with E-state index >= 15 is 0 Å². The first-order valence-corrected chi connectivity index (χ1v) is 3.62. The quantitative estimate of drug-likeness (QED) is 0.682. The van der Waals surface area contributed by atoms with Crippen LogP contribution in [0.4, 0.5) is 0 Å². The molecule has 1 N–H and O–H groups in total. The Balaban J connectivity index is 0.000000261. The lowest BCUT2D eigenvalue weighted by Crippen LogP contribution is -1.87. The van der Waals surface area contributed by atoms with Crippen LogP contribution in [0.25, 0.3) is 0 Å². The van der Waals surface area contributed by atoms with Crippen LogP contribution < -0.4 is 0 Å². The zero-order valence-corrected chi connectivity index (χ0v) is 7.19. The zero-order chi connectivity index (χ0) is 9.40. The number of carbonyl (C=O) groups is 1. The SMILES string of the molecule is CC(=O)O.CCc1ncccn1. The van der Waals surface area contributed by atoms with Crippen molar-refractivity contribution in [3.05, 3.63) is 24.3 Å². The van der Waals surface area contributed by atoms with Crippen molar-refractivity contribution in [3.8, 4) is 0 Å². The standard InChI is InChI=1S/C6H8N2.C2H4O2/c1-2-6-7-4-3-5-8-6;1-2(3)4/h3-5H,2H2,1H3;1H3,(H,3,4). The molecule has 0 aromatic carbocycles. The Kier molecular flexibility index (Phi) is 5.51. The largest absolute Gasteiger partial charge is 0.481 e. The van der Waals surface area contributed by atoms with Crippen molar-refractivity contribution in [1.82, 2.24) is 9.97 Å². The van der Waals surface area contributed by atoms with Crippen molar-refractivity contribution < 1.29 is 9.90 Å². The summed E-state index contributed by atoms with van der Waals surface area (Å²) < 4.78 is 0. The highest BCUT2D eigenvalue weighted by Gasteiger charge is 1.83. The van der Waals surface area contributed by atoms with Gasteiger partial charge in [0.2, 0.25) is 0 Å². The maximum absolute atomic E-state index is 9.00. The second kappa shape index (κ2) is 6.27. The lowest BCUT2D eigenvalue weighted by atomic mass is 10.4. The van der Waals surface area contributed by atoms with E-state index in [2.05, 4.69) is 9.97 Å². The van der Waals surface area contributed by atoms with Gasteiger partial charge in [-0.05, 0) is 6.07 Å². The molecular formula is C8H12N2O2. The number of hydrogen-bond donors (Lipinski definition) is 1. The molecule has 0 aliphatic rings. The summed E-state index contributed by atoms with van der Waals surface area (Å²) in [4.78, 5) is 17.0. The van der Waals surface area contributed by atoms with Crippen molar-refractivity contribution in [2.24, 2.45) is 0 Å². The van der Waals surface area contributed by atoms with E-state index in [4.69, 9.17) is 9.90 Å². The predicted octanol–water partition coefficient (Wildman–Crippen LogP) is 1.13. The average molecular weight is 168 g/mol. The van der Waals surface area contributed by atoms with Gasteiger partial charge in [0.15, 0.2) is 0 Å². The fourth-order valence-corrected chi connectivity index (χ4v) is 0.513. The molecule has 66 valence electrons. The van der Waals surface area contributed by atoms with E-state index in [0.717, 1.165) is 19.2 Å². The molecule has 0 amide bonds. The van der Waals surface area contributed by atoms with Crippen molar-refractivity contribution >= 4 is 5.97 Å². The molecule has 1 heterocycles. The van der Waals surface area contributed by atoms with Crippen LogP contribution in [0, 0.1) is 0 Å². The van der Waals surface area contributed by atoms with Crippen molar-refractivity contribution in [2.45, 2.75) is 20.3 Å². The first-order valence-electron chi connectivity index (χ1n) is 3.62. The monoisotopic (exact) mass is 168 g/mol. The Morgan fingerprint density at radius 1 is 1.50 bits per heavy atom. The van der Waals surface area contributed by atoms with Gasteiger partial charge in [-0.15, -0.1) is 0 Å². The van der Waals surface area contributed by atoms with Gasteiger partial charge in [-0.1, -0.05) is 6.92 Å². The maximum Gasteiger partial charge on any atom is 0.300 e. The molecule has 0 radical (unpaired) electrons. The average Bonchev–Trinajstić information content (AvgIpc) is 2.05. The van der Waals surface area contributed by atoms with Crippen LogP contribution >= 0.6 is 0 Å². The number of rotatable bonds is 1. The molecule has 0 saturated carbocycles. The molecule has 0 unspecified atom stereocenters. The number of carboxylic acids is 1. The van der Waals surface area contributed by atoms with E-state index < -0.39 is 5.97 Å². The lowest BCUT2D eigenvalue weighted by Gasteiger charge is -1.87. The summed E-state index contributed by atoms with van der Waals surface area (Å²) in [5, 5.41) is 7.42. The molecule has 0 bridgehead atoms. The van der Waals surface area contributed by atoms with E-state index in [1.807, 2.05) is 13.0 Å². The van der Waals surface area contributed by atoms with Gasteiger partial charge in [-0.25, -0.2) is 9.97 Å². The van der Waals surface area contributed by atoms with Gasteiger partial charge < -0.3 is 5.11 Å². The van der Waals surface area contributed by atoms with Crippen molar-refractivity contribution in [2.75, 3.05) is 0 Å². The number of nitrogens with zero attached hydrogens (tertiary/aromatic N) is 2. The fraction of sp³-hybridized carbons (Fsp3) is 0.375. The van der Waals surface area contributed by atoms with Crippen LogP contribution in [0.2, 0.25) is 0 Å². The zero-order valence-electron chi connectivity index (χ0n) is 7.19. The van der Waals surface area contributed by atoms with E-state index in [0.29, 0.717) is 0 Å². The molecule has 0 spiro atoms. The van der Waals surface area contributed by atoms with Crippen LogP contribution in [0.1, 0.15) is 19.7 Å². The summed E-state index contributed by atoms with van der Waals surface area (Å²) in [6.07, 6.45) is 4.43. The Bertz CT molecular complexity index is 220. The Morgan fingerprint density at radius 2 is 1.92 bits per heavy atom. The first-order chi connectivity index (χ1) is 5.66. The highest BCUT2D eigenvalue weighted by atomic mass is 16.4. The summed E-state index contributed by atoms with van der Waals surface area (Å²) in [7, 11) is 0. The predicted molar refractivity (Wildman–Crippen MR) is 44.7 cm³/mol. The molecule has 1 aromatic heterocycles. The second-order valence-electron chi connectivity index (χ2n) is 2.04. The molecule has 1 aromatic rings. The van der Waals surface area contributed by atoms with Gasteiger partial charge in [0.1, 0.15) is 5.82 Å². The van der Waals surface area contributed by atoms with Gasteiger partial charge >= 0.3 is 0 Å². The molecule has 4 nitrogen and oxygen atoms in total. The summed E-state index contributed by atoms with van der Waals surface area (Å²) >= 11 is 0. The van der Waals surface area contributed by atoms with Crippen LogP contribution in [0.5, 0.6) is 0 Å². The highest BCUT2D eigenvalue weighted by molar-refractivity contribution is 5.62. The summed E-state index contributed by atoms with van der Waals surface area (Å²) in [5.41, 5.74) is 0. The van der Waals surface area contributed by atoms with E-state index in [-0.39, 0.29) is 0 Å². The van der Waals surface area contributed by atoms with Gasteiger partial charge in [0.25, 0.3) is 5.97 Å². The van der Waals surface area contributed by atoms with Crippen LogP contribution in [0.3, 0.4) is 0 Å². The number of aryl methyl sites for hydroxylation is 1. The molecule has 1 rings (SSSR count). The Morgan fingerprint density at radius 3 is 2.17 bits per heavy atom. The normalized spacial score (nSPS) is 8.17. The molecule has 0 fully saturated rings.